The molecule has 0 fully saturated rings. The quantitative estimate of drug-likeness (QED) is 0.804. The van der Waals surface area contributed by atoms with Crippen LogP contribution in [0.4, 0.5) is 4.39 Å². The average Bonchev–Trinajstić information content (AvgIpc) is 2.59. The lowest BCUT2D eigenvalue weighted by Gasteiger charge is -2.08. The van der Waals surface area contributed by atoms with E-state index in [0.29, 0.717) is 16.9 Å². The van der Waals surface area contributed by atoms with Crippen LogP contribution >= 0.6 is 0 Å². The Morgan fingerprint density at radius 1 is 1.26 bits per heavy atom. The Morgan fingerprint density at radius 3 is 2.65 bits per heavy atom. The molecule has 0 aliphatic rings. The minimum absolute atomic E-state index is 0.170. The Labute approximate surface area is 133 Å². The van der Waals surface area contributed by atoms with Crippen LogP contribution in [0.3, 0.4) is 0 Å². The molecule has 4 nitrogen and oxygen atoms in total. The van der Waals surface area contributed by atoms with Crippen molar-refractivity contribution in [3.05, 3.63) is 65.0 Å². The van der Waals surface area contributed by atoms with Gasteiger partial charge in [0, 0.05) is 17.7 Å². The summed E-state index contributed by atoms with van der Waals surface area (Å²) in [5, 5.41) is 11.8. The largest absolute Gasteiger partial charge is 0.481 e. The molecule has 5 heteroatoms. The van der Waals surface area contributed by atoms with Gasteiger partial charge in [-0.15, -0.1) is 6.42 Å². The Hall–Kier alpha value is -2.84. The second-order valence-electron chi connectivity index (χ2n) is 4.78. The molecule has 0 saturated carbocycles. The maximum atomic E-state index is 13.3. The number of carbonyl (C=O) groups is 1. The summed E-state index contributed by atoms with van der Waals surface area (Å²) in [5.41, 5.74) is 1.38. The first-order chi connectivity index (χ1) is 11.1. The van der Waals surface area contributed by atoms with Gasteiger partial charge in [-0.05, 0) is 42.0 Å². The minimum Gasteiger partial charge on any atom is -0.481 e. The van der Waals surface area contributed by atoms with E-state index in [1.54, 1.807) is 30.3 Å². The number of rotatable bonds is 6. The molecule has 0 aliphatic carbocycles. The maximum absolute atomic E-state index is 13.3. The Morgan fingerprint density at radius 2 is 2.00 bits per heavy atom. The smallest absolute Gasteiger partial charge is 0.251 e. The predicted octanol–water partition coefficient (Wildman–Crippen LogP) is 2.26. The zero-order valence-electron chi connectivity index (χ0n) is 12.4. The monoisotopic (exact) mass is 313 g/mol. The van der Waals surface area contributed by atoms with E-state index in [-0.39, 0.29) is 31.2 Å². The molecule has 0 saturated heterocycles. The molecule has 0 atom stereocenters. The lowest BCUT2D eigenvalue weighted by atomic mass is 10.1. The van der Waals surface area contributed by atoms with E-state index in [0.717, 1.165) is 0 Å². The van der Waals surface area contributed by atoms with Gasteiger partial charge in [0.15, 0.2) is 0 Å². The average molecular weight is 313 g/mol. The van der Waals surface area contributed by atoms with E-state index < -0.39 is 5.82 Å². The molecule has 1 amide bonds. The highest BCUT2D eigenvalue weighted by Crippen LogP contribution is 2.13. The Balaban J connectivity index is 1.95. The third-order valence-electron chi connectivity index (χ3n) is 3.17. The van der Waals surface area contributed by atoms with Gasteiger partial charge in [0.25, 0.3) is 5.91 Å². The molecule has 2 aromatic rings. The fraction of sp³-hybridized carbons (Fsp3) is 0.167. The molecule has 0 bridgehead atoms. The van der Waals surface area contributed by atoms with Gasteiger partial charge in [0.05, 0.1) is 6.61 Å². The van der Waals surface area contributed by atoms with Crippen LogP contribution < -0.4 is 10.1 Å². The molecule has 2 aromatic carbocycles. The lowest BCUT2D eigenvalue weighted by molar-refractivity contribution is 0.0951. The highest BCUT2D eigenvalue weighted by molar-refractivity contribution is 5.94. The van der Waals surface area contributed by atoms with E-state index in [2.05, 4.69) is 11.2 Å². The van der Waals surface area contributed by atoms with Crippen molar-refractivity contribution in [2.24, 2.45) is 0 Å². The van der Waals surface area contributed by atoms with Crippen LogP contribution in [-0.4, -0.2) is 17.6 Å². The van der Waals surface area contributed by atoms with Crippen molar-refractivity contribution in [2.75, 3.05) is 6.61 Å². The summed E-state index contributed by atoms with van der Waals surface area (Å²) in [5.74, 6) is 2.22. The summed E-state index contributed by atoms with van der Waals surface area (Å²) in [7, 11) is 0. The molecule has 2 rings (SSSR count). The molecule has 0 unspecified atom stereocenters. The third kappa shape index (κ3) is 4.56. The Bertz CT molecular complexity index is 720. The van der Waals surface area contributed by atoms with Gasteiger partial charge in [0.1, 0.15) is 18.2 Å². The van der Waals surface area contributed by atoms with Gasteiger partial charge in [-0.25, -0.2) is 4.39 Å². The van der Waals surface area contributed by atoms with Crippen LogP contribution in [0.15, 0.2) is 42.5 Å². The predicted molar refractivity (Wildman–Crippen MR) is 84.3 cm³/mol. The Kier molecular flexibility index (Phi) is 5.73. The zero-order valence-corrected chi connectivity index (χ0v) is 12.4. The van der Waals surface area contributed by atoms with Gasteiger partial charge in [0.2, 0.25) is 0 Å². The molecule has 118 valence electrons. The molecular weight excluding hydrogens is 297 g/mol. The summed E-state index contributed by atoms with van der Waals surface area (Å²) in [6, 6.07) is 10.9. The fourth-order valence-electron chi connectivity index (χ4n) is 1.97. The van der Waals surface area contributed by atoms with Crippen LogP contribution in [0.5, 0.6) is 5.75 Å². The van der Waals surface area contributed by atoms with Gasteiger partial charge < -0.3 is 15.2 Å². The number of terminal acetylenes is 1. The molecule has 0 spiro atoms. The van der Waals surface area contributed by atoms with E-state index in [1.165, 1.54) is 12.1 Å². The number of amides is 1. The van der Waals surface area contributed by atoms with E-state index in [1.807, 2.05) is 0 Å². The number of halogens is 1. The summed E-state index contributed by atoms with van der Waals surface area (Å²) in [4.78, 5) is 12.1. The van der Waals surface area contributed by atoms with Gasteiger partial charge in [-0.1, -0.05) is 12.0 Å². The van der Waals surface area contributed by atoms with Crippen LogP contribution in [0, 0.1) is 18.2 Å². The van der Waals surface area contributed by atoms with Gasteiger partial charge in [-0.2, -0.15) is 0 Å². The standard InChI is InChI=1S/C18H16FNO3/c1-2-9-23-16-6-4-14(5-7-16)18(22)20-11-13-3-8-17(19)15(10-13)12-21/h1,3-8,10,21H,9,11-12H2,(H,20,22). The second kappa shape index (κ2) is 7.97. The minimum atomic E-state index is -0.467. The molecule has 0 heterocycles. The zero-order chi connectivity index (χ0) is 16.7. The summed E-state index contributed by atoms with van der Waals surface area (Å²) in [6.45, 7) is 0.0253. The van der Waals surface area contributed by atoms with Crippen molar-refractivity contribution in [1.82, 2.24) is 5.32 Å². The van der Waals surface area contributed by atoms with Crippen molar-refractivity contribution < 1.29 is 19.0 Å². The van der Waals surface area contributed by atoms with Crippen LogP contribution in [0.25, 0.3) is 0 Å². The van der Waals surface area contributed by atoms with Gasteiger partial charge in [-0.3, -0.25) is 4.79 Å². The summed E-state index contributed by atoms with van der Waals surface area (Å²) >= 11 is 0. The summed E-state index contributed by atoms with van der Waals surface area (Å²) < 4.78 is 18.5. The van der Waals surface area contributed by atoms with Crippen molar-refractivity contribution in [3.8, 4) is 18.1 Å². The van der Waals surface area contributed by atoms with Crippen molar-refractivity contribution in [1.29, 1.82) is 0 Å². The normalized spacial score (nSPS) is 9.96. The number of nitrogens with one attached hydrogen (secondary N) is 1. The van der Waals surface area contributed by atoms with Crippen LogP contribution in [0.2, 0.25) is 0 Å². The number of hydrogen-bond acceptors (Lipinski definition) is 3. The highest BCUT2D eigenvalue weighted by atomic mass is 19.1. The first kappa shape index (κ1) is 16.5. The SMILES string of the molecule is C#CCOc1ccc(C(=O)NCc2ccc(F)c(CO)c2)cc1. The summed E-state index contributed by atoms with van der Waals surface area (Å²) in [6.07, 6.45) is 5.10. The van der Waals surface area contributed by atoms with E-state index in [4.69, 9.17) is 16.3 Å². The van der Waals surface area contributed by atoms with Crippen molar-refractivity contribution in [3.63, 3.8) is 0 Å². The van der Waals surface area contributed by atoms with Crippen molar-refractivity contribution in [2.45, 2.75) is 13.2 Å². The molecule has 23 heavy (non-hydrogen) atoms. The van der Waals surface area contributed by atoms with Crippen molar-refractivity contribution >= 4 is 5.91 Å². The first-order valence-electron chi connectivity index (χ1n) is 6.96. The fourth-order valence-corrected chi connectivity index (χ4v) is 1.97. The topological polar surface area (TPSA) is 58.6 Å². The molecule has 0 radical (unpaired) electrons. The second-order valence-corrected chi connectivity index (χ2v) is 4.78. The van der Waals surface area contributed by atoms with E-state index >= 15 is 0 Å². The number of aliphatic hydroxyl groups excluding tert-OH is 1. The lowest BCUT2D eigenvalue weighted by Crippen LogP contribution is -2.22. The highest BCUT2D eigenvalue weighted by Gasteiger charge is 2.07. The molecule has 0 aromatic heterocycles. The number of benzene rings is 2. The molecule has 0 aliphatic heterocycles. The molecule has 2 N–H and O–H groups in total. The van der Waals surface area contributed by atoms with Crippen LogP contribution in [0.1, 0.15) is 21.5 Å². The number of aliphatic hydroxyl groups is 1. The van der Waals surface area contributed by atoms with Gasteiger partial charge >= 0.3 is 0 Å². The van der Waals surface area contributed by atoms with E-state index in [9.17, 15) is 9.18 Å². The maximum Gasteiger partial charge on any atom is 0.251 e. The molecular formula is C18H16FNO3. The van der Waals surface area contributed by atoms with Crippen LogP contribution in [-0.2, 0) is 13.2 Å². The number of ether oxygens (including phenoxy) is 1. The third-order valence-corrected chi connectivity index (χ3v) is 3.17. The number of hydrogen-bond donors (Lipinski definition) is 2. The first-order valence-corrected chi connectivity index (χ1v) is 6.96. The number of carbonyl (C=O) groups excluding carboxylic acids is 1.